The Morgan fingerprint density at radius 2 is 2.14 bits per heavy atom. The van der Waals surface area contributed by atoms with E-state index in [0.717, 1.165) is 18.9 Å². The Morgan fingerprint density at radius 1 is 1.36 bits per heavy atom. The highest BCUT2D eigenvalue weighted by Crippen LogP contribution is 2.53. The number of carbonyl (C=O) groups is 1. The van der Waals surface area contributed by atoms with Gasteiger partial charge < -0.3 is 15.8 Å². The molecule has 2 unspecified atom stereocenters. The maximum atomic E-state index is 14.9. The lowest BCUT2D eigenvalue weighted by atomic mass is 9.84. The van der Waals surface area contributed by atoms with Crippen LogP contribution in [-0.4, -0.2) is 29.7 Å². The number of nitrogens with zero attached hydrogens (tertiary/aromatic N) is 2. The van der Waals surface area contributed by atoms with Crippen molar-refractivity contribution in [3.8, 4) is 0 Å². The number of anilines is 1. The van der Waals surface area contributed by atoms with Crippen LogP contribution in [0.2, 0.25) is 5.02 Å². The second-order valence-electron chi connectivity index (χ2n) is 6.85. The summed E-state index contributed by atoms with van der Waals surface area (Å²) in [6.45, 7) is -0.0619. The number of hydrogen-bond donors (Lipinski definition) is 2. The molecule has 0 bridgehead atoms. The number of hydrogen-bond acceptors (Lipinski definition) is 5. The number of halogens is 3. The molecule has 0 spiro atoms. The Kier molecular flexibility index (Phi) is 4.76. The lowest BCUT2D eigenvalue weighted by molar-refractivity contribution is -0.0930. The molecule has 1 aliphatic carbocycles. The van der Waals surface area contributed by atoms with Gasteiger partial charge in [0.1, 0.15) is 18.0 Å². The predicted octanol–water partition coefficient (Wildman–Crippen LogP) is 3.41. The fraction of sp³-hybridized carbons (Fsp3) is 0.316. The summed E-state index contributed by atoms with van der Waals surface area (Å²) in [6, 6.07) is 7.59. The van der Waals surface area contributed by atoms with Gasteiger partial charge in [0.15, 0.2) is 11.5 Å². The molecule has 2 aromatic rings. The molecule has 1 aromatic carbocycles. The zero-order valence-electron chi connectivity index (χ0n) is 14.7. The van der Waals surface area contributed by atoms with E-state index in [1.54, 1.807) is 24.3 Å². The fourth-order valence-electron chi connectivity index (χ4n) is 3.46. The van der Waals surface area contributed by atoms with Crippen LogP contribution in [0.3, 0.4) is 0 Å². The van der Waals surface area contributed by atoms with E-state index < -0.39 is 29.3 Å². The summed E-state index contributed by atoms with van der Waals surface area (Å²) >= 11 is 5.66. The number of carbonyl (C=O) groups excluding carboxylic acids is 1. The lowest BCUT2D eigenvalue weighted by Gasteiger charge is -2.37. The lowest BCUT2D eigenvalue weighted by Crippen LogP contribution is -2.46. The average Bonchev–Trinajstić information content (AvgIpc) is 3.49. The normalized spacial score (nSPS) is 24.5. The summed E-state index contributed by atoms with van der Waals surface area (Å²) in [5.74, 6) is -1.39. The first-order valence-electron chi connectivity index (χ1n) is 8.73. The highest BCUT2D eigenvalue weighted by Gasteiger charge is 2.55. The minimum atomic E-state index is -1.64. The number of nitrogens with two attached hydrogens (primary N) is 1. The van der Waals surface area contributed by atoms with Gasteiger partial charge in [-0.3, -0.25) is 9.79 Å². The van der Waals surface area contributed by atoms with E-state index in [2.05, 4.69) is 15.3 Å². The van der Waals surface area contributed by atoms with Crippen molar-refractivity contribution >= 4 is 29.0 Å². The summed E-state index contributed by atoms with van der Waals surface area (Å²) < 4.78 is 34.0. The molecule has 9 heteroatoms. The van der Waals surface area contributed by atoms with E-state index in [-0.39, 0.29) is 23.4 Å². The minimum Gasteiger partial charge on any atom is -0.385 e. The zero-order chi connectivity index (χ0) is 19.9. The number of alkyl halides is 1. The van der Waals surface area contributed by atoms with Crippen molar-refractivity contribution in [2.45, 2.75) is 24.7 Å². The largest absolute Gasteiger partial charge is 0.385 e. The van der Waals surface area contributed by atoms with Crippen LogP contribution in [0.15, 0.2) is 41.5 Å². The van der Waals surface area contributed by atoms with Crippen LogP contribution in [-0.2, 0) is 10.3 Å². The Hall–Kier alpha value is -2.58. The molecular weight excluding hydrogens is 390 g/mol. The van der Waals surface area contributed by atoms with Gasteiger partial charge in [0.25, 0.3) is 5.91 Å². The standard InChI is InChI=1S/C19H17ClF2N4O2/c20-12-7-14(21)16(24-8-12)17(27)25-13-3-1-2-11(6-13)19(10-4-5-10)18(22)28-9-15(23)26-19/h1-3,6-8,10,18H,4-5,9H2,(H2,23,26)(H,25,27). The maximum Gasteiger partial charge on any atom is 0.277 e. The van der Waals surface area contributed by atoms with E-state index in [1.807, 2.05) is 0 Å². The number of aliphatic imine (C=N–C) groups is 1. The van der Waals surface area contributed by atoms with Crippen LogP contribution in [0.4, 0.5) is 14.5 Å². The molecular formula is C19H17ClF2N4O2. The smallest absolute Gasteiger partial charge is 0.277 e. The SMILES string of the molecule is NC1=NC(c2cccc(NC(=O)c3ncc(Cl)cc3F)c2)(C2CC2)C(F)OC1. The van der Waals surface area contributed by atoms with Gasteiger partial charge in [-0.25, -0.2) is 13.8 Å². The van der Waals surface area contributed by atoms with Crippen LogP contribution in [0.25, 0.3) is 0 Å². The molecule has 2 atom stereocenters. The summed E-state index contributed by atoms with van der Waals surface area (Å²) in [5.41, 5.74) is 5.08. The van der Waals surface area contributed by atoms with Gasteiger partial charge in [0, 0.05) is 11.9 Å². The maximum absolute atomic E-state index is 14.9. The Morgan fingerprint density at radius 3 is 2.86 bits per heavy atom. The highest BCUT2D eigenvalue weighted by molar-refractivity contribution is 6.30. The first kappa shape index (κ1) is 18.8. The van der Waals surface area contributed by atoms with Crippen LogP contribution >= 0.6 is 11.6 Å². The summed E-state index contributed by atoms with van der Waals surface area (Å²) in [5, 5.41) is 2.66. The third kappa shape index (κ3) is 3.33. The predicted molar refractivity (Wildman–Crippen MR) is 100 cm³/mol. The van der Waals surface area contributed by atoms with E-state index >= 15 is 0 Å². The van der Waals surface area contributed by atoms with Gasteiger partial charge in [0.2, 0.25) is 6.36 Å². The first-order valence-corrected chi connectivity index (χ1v) is 9.11. The van der Waals surface area contributed by atoms with Gasteiger partial charge in [-0.15, -0.1) is 0 Å². The zero-order valence-corrected chi connectivity index (χ0v) is 15.4. The molecule has 1 aliphatic heterocycles. The van der Waals surface area contributed by atoms with Crippen molar-refractivity contribution in [3.63, 3.8) is 0 Å². The molecule has 0 saturated heterocycles. The molecule has 28 heavy (non-hydrogen) atoms. The first-order chi connectivity index (χ1) is 13.4. The van der Waals surface area contributed by atoms with Crippen molar-refractivity contribution in [2.24, 2.45) is 16.6 Å². The van der Waals surface area contributed by atoms with E-state index in [1.165, 1.54) is 6.20 Å². The number of aromatic nitrogens is 1. The summed E-state index contributed by atoms with van der Waals surface area (Å²) in [4.78, 5) is 20.5. The van der Waals surface area contributed by atoms with Crippen LogP contribution < -0.4 is 11.1 Å². The van der Waals surface area contributed by atoms with E-state index in [4.69, 9.17) is 22.1 Å². The number of pyridine rings is 1. The Labute approximate surface area is 164 Å². The van der Waals surface area contributed by atoms with Gasteiger partial charge in [0.05, 0.1) is 5.02 Å². The van der Waals surface area contributed by atoms with E-state index in [9.17, 15) is 13.6 Å². The summed E-state index contributed by atoms with van der Waals surface area (Å²) in [7, 11) is 0. The molecule has 3 N–H and O–H groups in total. The third-order valence-electron chi connectivity index (χ3n) is 4.86. The van der Waals surface area contributed by atoms with Crippen molar-refractivity contribution in [3.05, 3.63) is 58.6 Å². The van der Waals surface area contributed by atoms with Gasteiger partial charge >= 0.3 is 0 Å². The molecule has 2 heterocycles. The molecule has 1 saturated carbocycles. The quantitative estimate of drug-likeness (QED) is 0.814. The molecule has 6 nitrogen and oxygen atoms in total. The third-order valence-corrected chi connectivity index (χ3v) is 5.06. The summed E-state index contributed by atoms with van der Waals surface area (Å²) in [6.07, 6.45) is 1.14. The Bertz CT molecular complexity index is 967. The molecule has 1 amide bonds. The van der Waals surface area contributed by atoms with Gasteiger partial charge in [-0.1, -0.05) is 23.7 Å². The molecule has 4 rings (SSSR count). The van der Waals surface area contributed by atoms with Crippen LogP contribution in [0, 0.1) is 11.7 Å². The van der Waals surface area contributed by atoms with Crippen LogP contribution in [0.1, 0.15) is 28.9 Å². The van der Waals surface area contributed by atoms with Crippen LogP contribution in [0.5, 0.6) is 0 Å². The fourth-order valence-corrected chi connectivity index (χ4v) is 3.60. The highest BCUT2D eigenvalue weighted by atomic mass is 35.5. The average molecular weight is 407 g/mol. The van der Waals surface area contributed by atoms with Gasteiger partial charge in [-0.05, 0) is 42.5 Å². The van der Waals surface area contributed by atoms with Gasteiger partial charge in [-0.2, -0.15) is 0 Å². The molecule has 1 fully saturated rings. The monoisotopic (exact) mass is 406 g/mol. The van der Waals surface area contributed by atoms with E-state index in [0.29, 0.717) is 11.3 Å². The molecule has 1 aromatic heterocycles. The van der Waals surface area contributed by atoms with Crippen molar-refractivity contribution in [1.29, 1.82) is 0 Å². The van der Waals surface area contributed by atoms with Crippen molar-refractivity contribution in [1.82, 2.24) is 4.98 Å². The number of amides is 1. The second-order valence-corrected chi connectivity index (χ2v) is 7.29. The number of amidine groups is 1. The molecule has 146 valence electrons. The molecule has 2 aliphatic rings. The Balaban J connectivity index is 1.66. The number of nitrogens with one attached hydrogen (secondary N) is 1. The minimum absolute atomic E-state index is 0.0392. The topological polar surface area (TPSA) is 89.6 Å². The number of benzene rings is 1. The number of ether oxygens (including phenoxy) is 1. The number of rotatable bonds is 4. The van der Waals surface area contributed by atoms with Crippen molar-refractivity contribution in [2.75, 3.05) is 11.9 Å². The second kappa shape index (κ2) is 7.10. The molecule has 0 radical (unpaired) electrons. The van der Waals surface area contributed by atoms with Crippen molar-refractivity contribution < 1.29 is 18.3 Å².